The standard InChI is InChI=1S/C17H23N5OS/c1-11-7-8-14(10-12(11)2)18-15(23)19-16-20-21-17(24-16)22-9-5-4-6-13(22)3/h7-8,10,13H,4-6,9H2,1-3H3,(H2,18,19,20,23)/t13-/m1/s1. The van der Waals surface area contributed by atoms with Gasteiger partial charge in [-0.25, -0.2) is 4.79 Å². The highest BCUT2D eigenvalue weighted by molar-refractivity contribution is 7.19. The van der Waals surface area contributed by atoms with E-state index in [0.717, 1.165) is 22.9 Å². The molecule has 128 valence electrons. The summed E-state index contributed by atoms with van der Waals surface area (Å²) in [5.74, 6) is 0. The quantitative estimate of drug-likeness (QED) is 0.875. The van der Waals surface area contributed by atoms with E-state index in [9.17, 15) is 4.79 Å². The first kappa shape index (κ1) is 16.7. The summed E-state index contributed by atoms with van der Waals surface area (Å²) in [4.78, 5) is 14.4. The number of anilines is 3. The number of amides is 2. The van der Waals surface area contributed by atoms with E-state index >= 15 is 0 Å². The molecule has 1 saturated heterocycles. The monoisotopic (exact) mass is 345 g/mol. The molecule has 2 heterocycles. The van der Waals surface area contributed by atoms with Gasteiger partial charge in [-0.05, 0) is 63.3 Å². The molecule has 2 aromatic rings. The summed E-state index contributed by atoms with van der Waals surface area (Å²) in [7, 11) is 0. The van der Waals surface area contributed by atoms with Gasteiger partial charge in [0, 0.05) is 18.3 Å². The van der Waals surface area contributed by atoms with Gasteiger partial charge in [0.1, 0.15) is 0 Å². The van der Waals surface area contributed by atoms with Crippen molar-refractivity contribution in [2.75, 3.05) is 22.1 Å². The molecule has 2 amide bonds. The Labute approximate surface area is 146 Å². The Morgan fingerprint density at radius 2 is 2.04 bits per heavy atom. The molecule has 6 nitrogen and oxygen atoms in total. The Kier molecular flexibility index (Phi) is 4.99. The van der Waals surface area contributed by atoms with Crippen molar-refractivity contribution in [3.05, 3.63) is 29.3 Å². The second kappa shape index (κ2) is 7.17. The summed E-state index contributed by atoms with van der Waals surface area (Å²) < 4.78 is 0. The number of aryl methyl sites for hydroxylation is 2. The van der Waals surface area contributed by atoms with Crippen LogP contribution in [-0.2, 0) is 0 Å². The zero-order valence-corrected chi connectivity index (χ0v) is 15.1. The maximum Gasteiger partial charge on any atom is 0.325 e. The van der Waals surface area contributed by atoms with Crippen LogP contribution in [0.25, 0.3) is 0 Å². The van der Waals surface area contributed by atoms with E-state index in [1.54, 1.807) is 0 Å². The van der Waals surface area contributed by atoms with Crippen LogP contribution in [-0.4, -0.2) is 28.8 Å². The molecular weight excluding hydrogens is 322 g/mol. The first-order chi connectivity index (χ1) is 11.5. The summed E-state index contributed by atoms with van der Waals surface area (Å²) in [5, 5.41) is 15.3. The van der Waals surface area contributed by atoms with Crippen molar-refractivity contribution in [2.45, 2.75) is 46.1 Å². The van der Waals surface area contributed by atoms with Crippen molar-refractivity contribution in [1.82, 2.24) is 10.2 Å². The smallest absolute Gasteiger partial charge is 0.325 e. The van der Waals surface area contributed by atoms with Crippen molar-refractivity contribution in [3.63, 3.8) is 0 Å². The largest absolute Gasteiger partial charge is 0.344 e. The van der Waals surface area contributed by atoms with Crippen molar-refractivity contribution < 1.29 is 4.79 Å². The van der Waals surface area contributed by atoms with Crippen LogP contribution in [0.5, 0.6) is 0 Å². The fourth-order valence-corrected chi connectivity index (χ4v) is 3.71. The summed E-state index contributed by atoms with van der Waals surface area (Å²) in [5.41, 5.74) is 3.11. The molecule has 1 atom stereocenters. The first-order valence-corrected chi connectivity index (χ1v) is 9.10. The normalized spacial score (nSPS) is 17.6. The van der Waals surface area contributed by atoms with Gasteiger partial charge >= 0.3 is 6.03 Å². The van der Waals surface area contributed by atoms with E-state index in [2.05, 4.69) is 32.7 Å². The topological polar surface area (TPSA) is 70.1 Å². The van der Waals surface area contributed by atoms with Gasteiger partial charge in [0.15, 0.2) is 0 Å². The lowest BCUT2D eigenvalue weighted by atomic mass is 10.1. The Morgan fingerprint density at radius 1 is 1.21 bits per heavy atom. The van der Waals surface area contributed by atoms with Crippen LogP contribution < -0.4 is 15.5 Å². The van der Waals surface area contributed by atoms with E-state index < -0.39 is 0 Å². The maximum absolute atomic E-state index is 12.1. The van der Waals surface area contributed by atoms with Gasteiger partial charge in [-0.15, -0.1) is 10.2 Å². The number of benzene rings is 1. The number of nitrogens with zero attached hydrogens (tertiary/aromatic N) is 3. The number of carbonyl (C=O) groups excluding carboxylic acids is 1. The van der Waals surface area contributed by atoms with Gasteiger partial charge in [0.2, 0.25) is 10.3 Å². The summed E-state index contributed by atoms with van der Waals surface area (Å²) >= 11 is 1.42. The average Bonchev–Trinajstić information content (AvgIpc) is 2.99. The third kappa shape index (κ3) is 3.84. The molecule has 0 radical (unpaired) electrons. The highest BCUT2D eigenvalue weighted by Crippen LogP contribution is 2.29. The molecule has 0 aliphatic carbocycles. The fourth-order valence-electron chi connectivity index (χ4n) is 2.84. The van der Waals surface area contributed by atoms with E-state index in [1.807, 2.05) is 32.0 Å². The molecule has 0 bridgehead atoms. The van der Waals surface area contributed by atoms with Gasteiger partial charge < -0.3 is 10.2 Å². The van der Waals surface area contributed by atoms with Crippen LogP contribution in [0.15, 0.2) is 18.2 Å². The minimum Gasteiger partial charge on any atom is -0.344 e. The third-order valence-corrected chi connectivity index (χ3v) is 5.32. The maximum atomic E-state index is 12.1. The Hall–Kier alpha value is -2.15. The molecule has 3 rings (SSSR count). The Bertz CT molecular complexity index is 730. The number of carbonyl (C=O) groups is 1. The molecule has 1 aliphatic heterocycles. The number of urea groups is 1. The van der Waals surface area contributed by atoms with Crippen molar-refractivity contribution in [1.29, 1.82) is 0 Å². The second-order valence-corrected chi connectivity index (χ2v) is 7.26. The first-order valence-electron chi connectivity index (χ1n) is 8.28. The van der Waals surface area contributed by atoms with Gasteiger partial charge in [-0.2, -0.15) is 0 Å². The van der Waals surface area contributed by atoms with E-state index in [-0.39, 0.29) is 6.03 Å². The molecule has 2 N–H and O–H groups in total. The number of hydrogen-bond donors (Lipinski definition) is 2. The predicted octanol–water partition coefficient (Wildman–Crippen LogP) is 4.18. The van der Waals surface area contributed by atoms with Gasteiger partial charge in [-0.1, -0.05) is 17.4 Å². The molecule has 7 heteroatoms. The molecule has 0 saturated carbocycles. The van der Waals surface area contributed by atoms with E-state index in [0.29, 0.717) is 11.2 Å². The van der Waals surface area contributed by atoms with E-state index in [4.69, 9.17) is 0 Å². The highest BCUT2D eigenvalue weighted by Gasteiger charge is 2.22. The number of rotatable bonds is 3. The summed E-state index contributed by atoms with van der Waals surface area (Å²) in [6.07, 6.45) is 3.62. The van der Waals surface area contributed by atoms with Crippen LogP contribution in [0.2, 0.25) is 0 Å². The van der Waals surface area contributed by atoms with Gasteiger partial charge in [0.25, 0.3) is 0 Å². The molecule has 1 aliphatic rings. The lowest BCUT2D eigenvalue weighted by Gasteiger charge is -2.32. The lowest BCUT2D eigenvalue weighted by Crippen LogP contribution is -2.37. The number of nitrogens with one attached hydrogen (secondary N) is 2. The van der Waals surface area contributed by atoms with Gasteiger partial charge in [-0.3, -0.25) is 5.32 Å². The van der Waals surface area contributed by atoms with Crippen molar-refractivity contribution in [2.24, 2.45) is 0 Å². The van der Waals surface area contributed by atoms with E-state index in [1.165, 1.54) is 36.2 Å². The lowest BCUT2D eigenvalue weighted by molar-refractivity contribution is 0.262. The summed E-state index contributed by atoms with van der Waals surface area (Å²) in [6.45, 7) is 7.28. The van der Waals surface area contributed by atoms with Crippen LogP contribution in [0.4, 0.5) is 20.7 Å². The Balaban J connectivity index is 1.61. The number of aromatic nitrogens is 2. The highest BCUT2D eigenvalue weighted by atomic mass is 32.1. The zero-order valence-electron chi connectivity index (χ0n) is 14.3. The average molecular weight is 345 g/mol. The third-order valence-electron chi connectivity index (χ3n) is 4.45. The molecule has 24 heavy (non-hydrogen) atoms. The van der Waals surface area contributed by atoms with Crippen molar-refractivity contribution in [3.8, 4) is 0 Å². The molecule has 0 unspecified atom stereocenters. The molecule has 1 fully saturated rings. The second-order valence-electron chi connectivity index (χ2n) is 6.31. The minimum atomic E-state index is -0.298. The number of hydrogen-bond acceptors (Lipinski definition) is 5. The molecule has 1 aromatic carbocycles. The number of piperidine rings is 1. The summed E-state index contributed by atoms with van der Waals surface area (Å²) in [6, 6.07) is 6.02. The molecule has 0 spiro atoms. The SMILES string of the molecule is Cc1ccc(NC(=O)Nc2nnc(N3CCCC[C@H]3C)s2)cc1C. The predicted molar refractivity (Wildman–Crippen MR) is 99.1 cm³/mol. The molecular formula is C17H23N5OS. The van der Waals surface area contributed by atoms with Crippen LogP contribution in [0.3, 0.4) is 0 Å². The van der Waals surface area contributed by atoms with Crippen LogP contribution in [0.1, 0.15) is 37.3 Å². The van der Waals surface area contributed by atoms with Gasteiger partial charge in [0.05, 0.1) is 0 Å². The minimum absolute atomic E-state index is 0.298. The fraction of sp³-hybridized carbons (Fsp3) is 0.471. The van der Waals surface area contributed by atoms with Crippen molar-refractivity contribution >= 4 is 33.3 Å². The zero-order chi connectivity index (χ0) is 17.1. The molecule has 1 aromatic heterocycles. The van der Waals surface area contributed by atoms with Crippen LogP contribution >= 0.6 is 11.3 Å². The van der Waals surface area contributed by atoms with Crippen LogP contribution in [0, 0.1) is 13.8 Å². The Morgan fingerprint density at radius 3 is 2.79 bits per heavy atom.